The number of rotatable bonds is 5. The summed E-state index contributed by atoms with van der Waals surface area (Å²) >= 11 is 0. The lowest BCUT2D eigenvalue weighted by molar-refractivity contribution is -0.159. The number of benzene rings is 2. The average Bonchev–Trinajstić information content (AvgIpc) is 3.15. The second-order valence-electron chi connectivity index (χ2n) is 5.06. The minimum Gasteiger partial charge on any atom is -0.466 e. The first-order chi connectivity index (χ1) is 11.3. The molecule has 1 aromatic heterocycles. The standard InChI is InChI=1S/C19H16O4/c20-17(16-12-7-13-22-16)19(21)23-18(14-8-3-1-4-9-14)15-10-5-2-6-11-15/h1-13,17-18,20H. The molecule has 0 radical (unpaired) electrons. The third kappa shape index (κ3) is 3.49. The summed E-state index contributed by atoms with van der Waals surface area (Å²) in [5.41, 5.74) is 1.66. The monoisotopic (exact) mass is 308 g/mol. The van der Waals surface area contributed by atoms with Crippen molar-refractivity contribution in [1.82, 2.24) is 0 Å². The van der Waals surface area contributed by atoms with Crippen molar-refractivity contribution >= 4 is 5.97 Å². The summed E-state index contributed by atoms with van der Waals surface area (Å²) in [5, 5.41) is 10.1. The van der Waals surface area contributed by atoms with Gasteiger partial charge in [0, 0.05) is 0 Å². The molecule has 4 heteroatoms. The van der Waals surface area contributed by atoms with Gasteiger partial charge >= 0.3 is 5.97 Å². The van der Waals surface area contributed by atoms with E-state index < -0.39 is 18.2 Å². The number of aliphatic hydroxyl groups is 1. The van der Waals surface area contributed by atoms with Gasteiger partial charge in [-0.1, -0.05) is 60.7 Å². The Morgan fingerprint density at radius 2 is 1.43 bits per heavy atom. The van der Waals surface area contributed by atoms with Crippen LogP contribution in [0.1, 0.15) is 29.1 Å². The molecule has 3 rings (SSSR count). The molecule has 0 aliphatic carbocycles. The Balaban J connectivity index is 1.86. The van der Waals surface area contributed by atoms with Crippen molar-refractivity contribution in [2.45, 2.75) is 12.2 Å². The molecule has 0 saturated heterocycles. The fourth-order valence-electron chi connectivity index (χ4n) is 2.33. The molecule has 2 aromatic carbocycles. The van der Waals surface area contributed by atoms with Crippen molar-refractivity contribution in [2.24, 2.45) is 0 Å². The van der Waals surface area contributed by atoms with Crippen LogP contribution in [-0.2, 0) is 9.53 Å². The Morgan fingerprint density at radius 1 is 0.870 bits per heavy atom. The minimum atomic E-state index is -1.44. The second kappa shape index (κ2) is 6.94. The van der Waals surface area contributed by atoms with Crippen LogP contribution < -0.4 is 0 Å². The van der Waals surface area contributed by atoms with Crippen LogP contribution in [0.2, 0.25) is 0 Å². The Hall–Kier alpha value is -2.85. The van der Waals surface area contributed by atoms with Crippen molar-refractivity contribution in [3.63, 3.8) is 0 Å². The van der Waals surface area contributed by atoms with Crippen LogP contribution >= 0.6 is 0 Å². The van der Waals surface area contributed by atoms with E-state index in [1.807, 2.05) is 60.7 Å². The topological polar surface area (TPSA) is 59.7 Å². The molecule has 23 heavy (non-hydrogen) atoms. The second-order valence-corrected chi connectivity index (χ2v) is 5.06. The SMILES string of the molecule is O=C(OC(c1ccccc1)c1ccccc1)C(O)c1ccco1. The zero-order valence-electron chi connectivity index (χ0n) is 12.3. The van der Waals surface area contributed by atoms with Gasteiger partial charge in [0.15, 0.2) is 6.10 Å². The van der Waals surface area contributed by atoms with Crippen molar-refractivity contribution < 1.29 is 19.1 Å². The molecule has 1 atom stereocenters. The highest BCUT2D eigenvalue weighted by atomic mass is 16.6. The average molecular weight is 308 g/mol. The van der Waals surface area contributed by atoms with Crippen LogP contribution in [0.4, 0.5) is 0 Å². The van der Waals surface area contributed by atoms with E-state index in [4.69, 9.17) is 9.15 Å². The van der Waals surface area contributed by atoms with Crippen molar-refractivity contribution in [2.75, 3.05) is 0 Å². The molecule has 0 saturated carbocycles. The first kappa shape index (κ1) is 15.1. The largest absolute Gasteiger partial charge is 0.466 e. The van der Waals surface area contributed by atoms with Gasteiger partial charge < -0.3 is 14.3 Å². The lowest BCUT2D eigenvalue weighted by Gasteiger charge is -2.20. The predicted molar refractivity (Wildman–Crippen MR) is 84.5 cm³/mol. The summed E-state index contributed by atoms with van der Waals surface area (Å²) in [4.78, 5) is 12.3. The highest BCUT2D eigenvalue weighted by Gasteiger charge is 2.26. The number of hydrogen-bond donors (Lipinski definition) is 1. The van der Waals surface area contributed by atoms with Gasteiger partial charge in [0.05, 0.1) is 6.26 Å². The third-order valence-corrected chi connectivity index (χ3v) is 3.47. The molecule has 0 aliphatic heterocycles. The molecule has 1 heterocycles. The molecular formula is C19H16O4. The molecule has 0 bridgehead atoms. The van der Waals surface area contributed by atoms with E-state index in [-0.39, 0.29) is 5.76 Å². The maximum atomic E-state index is 12.3. The van der Waals surface area contributed by atoms with Crippen molar-refractivity contribution in [3.8, 4) is 0 Å². The van der Waals surface area contributed by atoms with Gasteiger partial charge in [-0.3, -0.25) is 0 Å². The van der Waals surface area contributed by atoms with E-state index in [9.17, 15) is 9.90 Å². The van der Waals surface area contributed by atoms with Crippen molar-refractivity contribution in [1.29, 1.82) is 0 Å². The molecule has 3 aromatic rings. The van der Waals surface area contributed by atoms with Gasteiger partial charge in [-0.2, -0.15) is 0 Å². The summed E-state index contributed by atoms with van der Waals surface area (Å²) in [7, 11) is 0. The summed E-state index contributed by atoms with van der Waals surface area (Å²) in [6.45, 7) is 0. The smallest absolute Gasteiger partial charge is 0.343 e. The van der Waals surface area contributed by atoms with Crippen LogP contribution in [0.15, 0.2) is 83.5 Å². The Morgan fingerprint density at radius 3 is 1.91 bits per heavy atom. The molecule has 0 spiro atoms. The van der Waals surface area contributed by atoms with E-state index in [1.54, 1.807) is 6.07 Å². The Labute approximate surface area is 134 Å². The highest BCUT2D eigenvalue weighted by Crippen LogP contribution is 2.28. The van der Waals surface area contributed by atoms with E-state index >= 15 is 0 Å². The summed E-state index contributed by atoms with van der Waals surface area (Å²) < 4.78 is 10.6. The molecule has 1 unspecified atom stereocenters. The number of carbonyl (C=O) groups is 1. The highest BCUT2D eigenvalue weighted by molar-refractivity contribution is 5.76. The molecule has 1 N–H and O–H groups in total. The molecule has 4 nitrogen and oxygen atoms in total. The quantitative estimate of drug-likeness (QED) is 0.731. The van der Waals surface area contributed by atoms with Crippen LogP contribution in [0, 0.1) is 0 Å². The van der Waals surface area contributed by atoms with Gasteiger partial charge in [-0.25, -0.2) is 4.79 Å². The van der Waals surface area contributed by atoms with Gasteiger partial charge in [0.1, 0.15) is 5.76 Å². The van der Waals surface area contributed by atoms with Crippen LogP contribution in [0.5, 0.6) is 0 Å². The number of carbonyl (C=O) groups excluding carboxylic acids is 1. The number of hydrogen-bond acceptors (Lipinski definition) is 4. The molecule has 0 amide bonds. The van der Waals surface area contributed by atoms with Gasteiger partial charge in [0.2, 0.25) is 6.10 Å². The van der Waals surface area contributed by atoms with Crippen LogP contribution in [-0.4, -0.2) is 11.1 Å². The zero-order chi connectivity index (χ0) is 16.1. The third-order valence-electron chi connectivity index (χ3n) is 3.47. The lowest BCUT2D eigenvalue weighted by Crippen LogP contribution is -2.19. The molecule has 0 aliphatic rings. The van der Waals surface area contributed by atoms with E-state index in [0.717, 1.165) is 11.1 Å². The summed E-state index contributed by atoms with van der Waals surface area (Å²) in [6.07, 6.45) is -0.632. The first-order valence-electron chi connectivity index (χ1n) is 7.27. The van der Waals surface area contributed by atoms with Crippen LogP contribution in [0.25, 0.3) is 0 Å². The fourth-order valence-corrected chi connectivity index (χ4v) is 2.33. The van der Waals surface area contributed by atoms with E-state index in [0.29, 0.717) is 0 Å². The fraction of sp³-hybridized carbons (Fsp3) is 0.105. The van der Waals surface area contributed by atoms with E-state index in [2.05, 4.69) is 0 Å². The number of aliphatic hydroxyl groups excluding tert-OH is 1. The summed E-state index contributed by atoms with van der Waals surface area (Å²) in [5.74, 6) is -0.590. The van der Waals surface area contributed by atoms with Gasteiger partial charge in [-0.15, -0.1) is 0 Å². The normalized spacial score (nSPS) is 12.1. The lowest BCUT2D eigenvalue weighted by atomic mass is 10.0. The Kier molecular flexibility index (Phi) is 4.54. The van der Waals surface area contributed by atoms with Crippen molar-refractivity contribution in [3.05, 3.63) is 95.9 Å². The van der Waals surface area contributed by atoms with Gasteiger partial charge in [-0.05, 0) is 23.3 Å². The first-order valence-corrected chi connectivity index (χ1v) is 7.27. The summed E-state index contributed by atoms with van der Waals surface area (Å²) in [6, 6.07) is 22.0. The minimum absolute atomic E-state index is 0.162. The number of ether oxygens (including phenoxy) is 1. The molecule has 0 fully saturated rings. The van der Waals surface area contributed by atoms with Gasteiger partial charge in [0.25, 0.3) is 0 Å². The maximum absolute atomic E-state index is 12.3. The number of furan rings is 1. The van der Waals surface area contributed by atoms with Crippen LogP contribution in [0.3, 0.4) is 0 Å². The Bertz CT molecular complexity index is 696. The predicted octanol–water partition coefficient (Wildman–Crippen LogP) is 3.65. The zero-order valence-corrected chi connectivity index (χ0v) is 12.3. The van der Waals surface area contributed by atoms with E-state index in [1.165, 1.54) is 12.3 Å². The molecular weight excluding hydrogens is 292 g/mol. The maximum Gasteiger partial charge on any atom is 0.343 e. The molecule has 116 valence electrons. The number of esters is 1.